The summed E-state index contributed by atoms with van der Waals surface area (Å²) in [7, 11) is 1.53. The van der Waals surface area contributed by atoms with Crippen LogP contribution in [-0.4, -0.2) is 7.11 Å². The molecule has 0 spiro atoms. The van der Waals surface area contributed by atoms with Crippen molar-refractivity contribution in [3.05, 3.63) is 53.3 Å². The van der Waals surface area contributed by atoms with Gasteiger partial charge in [-0.3, -0.25) is 0 Å². The summed E-state index contributed by atoms with van der Waals surface area (Å²) in [6.07, 6.45) is 0. The van der Waals surface area contributed by atoms with Crippen molar-refractivity contribution in [2.24, 2.45) is 0 Å². The summed E-state index contributed by atoms with van der Waals surface area (Å²) in [5.41, 5.74) is 9.02. The van der Waals surface area contributed by atoms with Gasteiger partial charge in [0.1, 0.15) is 11.6 Å². The Labute approximate surface area is 111 Å². The first-order valence-corrected chi connectivity index (χ1v) is 6.14. The summed E-state index contributed by atoms with van der Waals surface area (Å²) in [4.78, 5) is 1.99. The van der Waals surface area contributed by atoms with Crippen molar-refractivity contribution in [3.8, 4) is 5.75 Å². The lowest BCUT2D eigenvalue weighted by atomic mass is 10.1. The van der Waals surface area contributed by atoms with Gasteiger partial charge in [0, 0.05) is 25.2 Å². The smallest absolute Gasteiger partial charge is 0.148 e. The van der Waals surface area contributed by atoms with Crippen LogP contribution in [0, 0.1) is 5.82 Å². The highest BCUT2D eigenvalue weighted by Gasteiger charge is 2.22. The highest BCUT2D eigenvalue weighted by atomic mass is 19.1. The highest BCUT2D eigenvalue weighted by Crippen LogP contribution is 2.35. The highest BCUT2D eigenvalue weighted by molar-refractivity contribution is 5.64. The number of hydrogen-bond donors (Lipinski definition) is 1. The van der Waals surface area contributed by atoms with Crippen LogP contribution in [0.4, 0.5) is 15.8 Å². The van der Waals surface area contributed by atoms with Gasteiger partial charge in [-0.2, -0.15) is 0 Å². The Balaban J connectivity index is 1.97. The Morgan fingerprint density at radius 3 is 2.37 bits per heavy atom. The van der Waals surface area contributed by atoms with Crippen LogP contribution >= 0.6 is 0 Å². The first kappa shape index (κ1) is 11.8. The number of halogens is 1. The van der Waals surface area contributed by atoms with E-state index in [9.17, 15) is 4.39 Å². The second kappa shape index (κ2) is 4.46. The molecular formula is C15H15FN2O. The van der Waals surface area contributed by atoms with E-state index < -0.39 is 0 Å². The number of fused-ring (bicyclic) bond motifs is 1. The molecule has 0 bridgehead atoms. The molecule has 2 aromatic carbocycles. The van der Waals surface area contributed by atoms with Crippen LogP contribution in [0.2, 0.25) is 0 Å². The summed E-state index contributed by atoms with van der Waals surface area (Å²) in [5.74, 6) is 0.193. The fourth-order valence-corrected chi connectivity index (χ4v) is 2.48. The molecule has 0 fully saturated rings. The largest absolute Gasteiger partial charge is 0.495 e. The van der Waals surface area contributed by atoms with Crippen LogP contribution < -0.4 is 15.4 Å². The minimum atomic E-state index is -0.314. The number of ether oxygens (including phenoxy) is 1. The lowest BCUT2D eigenvalue weighted by molar-refractivity contribution is 0.416. The van der Waals surface area contributed by atoms with Crippen molar-refractivity contribution in [2.45, 2.75) is 13.1 Å². The topological polar surface area (TPSA) is 38.5 Å². The molecule has 19 heavy (non-hydrogen) atoms. The SMILES string of the molecule is COc1cc(N2Cc3ccccc3C2)c(F)cc1N. The summed E-state index contributed by atoms with van der Waals surface area (Å²) in [5, 5.41) is 0. The Hall–Kier alpha value is -2.23. The minimum Gasteiger partial charge on any atom is -0.495 e. The van der Waals surface area contributed by atoms with E-state index in [1.807, 2.05) is 17.0 Å². The number of nitrogen functional groups attached to an aromatic ring is 1. The van der Waals surface area contributed by atoms with E-state index in [4.69, 9.17) is 10.5 Å². The molecular weight excluding hydrogens is 243 g/mol. The molecule has 3 nitrogen and oxygen atoms in total. The van der Waals surface area contributed by atoms with Crippen molar-refractivity contribution in [3.63, 3.8) is 0 Å². The fourth-order valence-electron chi connectivity index (χ4n) is 2.48. The van der Waals surface area contributed by atoms with E-state index in [1.165, 1.54) is 24.3 Å². The molecule has 0 amide bonds. The molecule has 0 aromatic heterocycles. The number of benzene rings is 2. The van der Waals surface area contributed by atoms with Crippen LogP contribution in [-0.2, 0) is 13.1 Å². The van der Waals surface area contributed by atoms with E-state index >= 15 is 0 Å². The molecule has 98 valence electrons. The predicted octanol–water partition coefficient (Wildman–Crippen LogP) is 2.94. The Bertz CT molecular complexity index is 603. The molecule has 2 aromatic rings. The van der Waals surface area contributed by atoms with Gasteiger partial charge in [0.05, 0.1) is 18.5 Å². The van der Waals surface area contributed by atoms with Crippen molar-refractivity contribution in [2.75, 3.05) is 17.7 Å². The van der Waals surface area contributed by atoms with Crippen LogP contribution in [0.1, 0.15) is 11.1 Å². The second-order valence-corrected chi connectivity index (χ2v) is 4.67. The first-order valence-electron chi connectivity index (χ1n) is 6.14. The predicted molar refractivity (Wildman–Crippen MR) is 73.7 cm³/mol. The maximum atomic E-state index is 14.1. The van der Waals surface area contributed by atoms with Crippen molar-refractivity contribution in [1.82, 2.24) is 0 Å². The summed E-state index contributed by atoms with van der Waals surface area (Å²) in [6.45, 7) is 1.42. The normalized spacial score (nSPS) is 13.5. The van der Waals surface area contributed by atoms with Crippen LogP contribution in [0.3, 0.4) is 0 Å². The van der Waals surface area contributed by atoms with E-state index in [0.29, 0.717) is 30.2 Å². The minimum absolute atomic E-state index is 0.314. The quantitative estimate of drug-likeness (QED) is 0.842. The Kier molecular flexibility index (Phi) is 2.78. The number of hydrogen-bond acceptors (Lipinski definition) is 3. The van der Waals surface area contributed by atoms with Gasteiger partial charge in [0.25, 0.3) is 0 Å². The molecule has 4 heteroatoms. The van der Waals surface area contributed by atoms with Gasteiger partial charge < -0.3 is 15.4 Å². The number of nitrogens with two attached hydrogens (primary N) is 1. The maximum Gasteiger partial charge on any atom is 0.148 e. The van der Waals surface area contributed by atoms with Crippen LogP contribution in [0.15, 0.2) is 36.4 Å². The molecule has 0 atom stereocenters. The number of anilines is 2. The zero-order valence-corrected chi connectivity index (χ0v) is 10.7. The molecule has 3 rings (SSSR count). The summed E-state index contributed by atoms with van der Waals surface area (Å²) < 4.78 is 19.2. The number of methoxy groups -OCH3 is 1. The van der Waals surface area contributed by atoms with Crippen LogP contribution in [0.25, 0.3) is 0 Å². The molecule has 0 radical (unpaired) electrons. The number of nitrogens with zero attached hydrogens (tertiary/aromatic N) is 1. The van der Waals surface area contributed by atoms with E-state index in [1.54, 1.807) is 6.07 Å². The van der Waals surface area contributed by atoms with Gasteiger partial charge in [-0.1, -0.05) is 24.3 Å². The maximum absolute atomic E-state index is 14.1. The third-order valence-electron chi connectivity index (χ3n) is 3.48. The first-order chi connectivity index (χ1) is 9.19. The van der Waals surface area contributed by atoms with Crippen molar-refractivity contribution >= 4 is 11.4 Å². The van der Waals surface area contributed by atoms with Crippen LogP contribution in [0.5, 0.6) is 5.75 Å². The third-order valence-corrected chi connectivity index (χ3v) is 3.48. The molecule has 0 saturated heterocycles. The molecule has 0 aliphatic carbocycles. The second-order valence-electron chi connectivity index (χ2n) is 4.67. The summed E-state index contributed by atoms with van der Waals surface area (Å²) in [6, 6.07) is 11.1. The zero-order valence-electron chi connectivity index (χ0n) is 10.7. The monoisotopic (exact) mass is 258 g/mol. The average Bonchev–Trinajstić information content (AvgIpc) is 2.82. The van der Waals surface area contributed by atoms with Crippen molar-refractivity contribution < 1.29 is 9.13 Å². The molecule has 2 N–H and O–H groups in total. The average molecular weight is 258 g/mol. The Morgan fingerprint density at radius 2 is 1.79 bits per heavy atom. The summed E-state index contributed by atoms with van der Waals surface area (Å²) >= 11 is 0. The van der Waals surface area contributed by atoms with Gasteiger partial charge in [0.15, 0.2) is 0 Å². The standard InChI is InChI=1S/C15H15FN2O/c1-19-15-7-14(12(16)6-13(15)17)18-8-10-4-2-3-5-11(10)9-18/h2-7H,8-9,17H2,1H3. The zero-order chi connectivity index (χ0) is 13.4. The van der Waals surface area contributed by atoms with E-state index in [0.717, 1.165) is 0 Å². The van der Waals surface area contributed by atoms with Gasteiger partial charge in [-0.15, -0.1) is 0 Å². The Morgan fingerprint density at radius 1 is 1.16 bits per heavy atom. The lowest BCUT2D eigenvalue weighted by Crippen LogP contribution is -2.16. The molecule has 1 heterocycles. The van der Waals surface area contributed by atoms with Gasteiger partial charge in [-0.05, 0) is 11.1 Å². The van der Waals surface area contributed by atoms with E-state index in [-0.39, 0.29) is 5.82 Å². The molecule has 0 saturated carbocycles. The fraction of sp³-hybridized carbons (Fsp3) is 0.200. The third kappa shape index (κ3) is 1.99. The van der Waals surface area contributed by atoms with Gasteiger partial charge in [-0.25, -0.2) is 4.39 Å². The molecule has 1 aliphatic heterocycles. The number of rotatable bonds is 2. The van der Waals surface area contributed by atoms with Gasteiger partial charge >= 0.3 is 0 Å². The molecule has 1 aliphatic rings. The van der Waals surface area contributed by atoms with Gasteiger partial charge in [0.2, 0.25) is 0 Å². The lowest BCUT2D eigenvalue weighted by Gasteiger charge is -2.20. The molecule has 0 unspecified atom stereocenters. The van der Waals surface area contributed by atoms with E-state index in [2.05, 4.69) is 12.1 Å². The van der Waals surface area contributed by atoms with Crippen molar-refractivity contribution in [1.29, 1.82) is 0 Å².